The molecule has 1 saturated heterocycles. The van der Waals surface area contributed by atoms with E-state index in [9.17, 15) is 27.6 Å². The van der Waals surface area contributed by atoms with Gasteiger partial charge in [-0.15, -0.1) is 0 Å². The summed E-state index contributed by atoms with van der Waals surface area (Å²) in [6.07, 6.45) is -4.76. The van der Waals surface area contributed by atoms with Gasteiger partial charge < -0.3 is 24.4 Å². The van der Waals surface area contributed by atoms with E-state index in [4.69, 9.17) is 25.8 Å². The lowest BCUT2D eigenvalue weighted by atomic mass is 10.1. The first kappa shape index (κ1) is 25.2. The standard InChI is InChI=1S/C22H20ClF3N2O6/c1-32-14-4-6-17(18(9-14)33-2)28-10-12(7-20(28)30)21(31)34-11-19(29)27-16-8-13(22(24,25)26)3-5-15(16)23/h3-6,8-9,12H,7,10-11H2,1-2H3,(H,27,29)/t12-/m1/s1. The van der Waals surface area contributed by atoms with Crippen LogP contribution in [0.15, 0.2) is 36.4 Å². The van der Waals surface area contributed by atoms with Crippen LogP contribution in [0.5, 0.6) is 11.5 Å². The van der Waals surface area contributed by atoms with Gasteiger partial charge in [0, 0.05) is 19.0 Å². The molecule has 34 heavy (non-hydrogen) atoms. The van der Waals surface area contributed by atoms with Crippen LogP contribution in [0, 0.1) is 5.92 Å². The molecule has 0 spiro atoms. The number of nitrogens with zero attached hydrogens (tertiary/aromatic N) is 1. The number of hydrogen-bond acceptors (Lipinski definition) is 6. The van der Waals surface area contributed by atoms with E-state index in [0.29, 0.717) is 23.3 Å². The van der Waals surface area contributed by atoms with Crippen LogP contribution in [0.4, 0.5) is 24.5 Å². The number of anilines is 2. The fourth-order valence-corrected chi connectivity index (χ4v) is 3.51. The number of carbonyl (C=O) groups excluding carboxylic acids is 3. The number of amides is 2. The van der Waals surface area contributed by atoms with Crippen LogP contribution in [-0.2, 0) is 25.3 Å². The van der Waals surface area contributed by atoms with Crippen LogP contribution in [0.3, 0.4) is 0 Å². The lowest BCUT2D eigenvalue weighted by molar-refractivity contribution is -0.151. The Kier molecular flexibility index (Phi) is 7.55. The van der Waals surface area contributed by atoms with Crippen molar-refractivity contribution in [2.45, 2.75) is 12.6 Å². The van der Waals surface area contributed by atoms with E-state index >= 15 is 0 Å². The third-order valence-electron chi connectivity index (χ3n) is 5.05. The highest BCUT2D eigenvalue weighted by Gasteiger charge is 2.37. The molecule has 1 aliphatic rings. The second-order valence-electron chi connectivity index (χ2n) is 7.29. The van der Waals surface area contributed by atoms with Crippen LogP contribution in [0.25, 0.3) is 0 Å². The predicted octanol–water partition coefficient (Wildman–Crippen LogP) is 3.91. The second kappa shape index (κ2) is 10.2. The number of hydrogen-bond donors (Lipinski definition) is 1. The molecule has 182 valence electrons. The molecule has 1 heterocycles. The smallest absolute Gasteiger partial charge is 0.416 e. The number of methoxy groups -OCH3 is 2. The third kappa shape index (κ3) is 5.71. The van der Waals surface area contributed by atoms with E-state index in [1.165, 1.54) is 19.1 Å². The lowest BCUT2D eigenvalue weighted by Gasteiger charge is -2.20. The average Bonchev–Trinajstić information content (AvgIpc) is 3.19. The number of halogens is 4. The van der Waals surface area contributed by atoms with Crippen LogP contribution in [0.1, 0.15) is 12.0 Å². The van der Waals surface area contributed by atoms with Gasteiger partial charge >= 0.3 is 12.1 Å². The van der Waals surface area contributed by atoms with Gasteiger partial charge in [0.05, 0.1) is 42.1 Å². The highest BCUT2D eigenvalue weighted by atomic mass is 35.5. The number of ether oxygens (including phenoxy) is 3. The second-order valence-corrected chi connectivity index (χ2v) is 7.70. The molecule has 1 fully saturated rings. The number of alkyl halides is 3. The summed E-state index contributed by atoms with van der Waals surface area (Å²) in [6, 6.07) is 7.31. The molecule has 2 aromatic rings. The monoisotopic (exact) mass is 500 g/mol. The van der Waals surface area contributed by atoms with Crippen molar-refractivity contribution < 1.29 is 41.8 Å². The zero-order chi connectivity index (χ0) is 25.0. The Labute approximate surface area is 197 Å². The molecule has 3 rings (SSSR count). The maximum absolute atomic E-state index is 12.9. The summed E-state index contributed by atoms with van der Waals surface area (Å²) in [5.41, 5.74) is -0.824. The third-order valence-corrected chi connectivity index (χ3v) is 5.38. The van der Waals surface area contributed by atoms with Crippen molar-refractivity contribution in [3.8, 4) is 11.5 Å². The summed E-state index contributed by atoms with van der Waals surface area (Å²) >= 11 is 5.84. The van der Waals surface area contributed by atoms with Gasteiger partial charge in [-0.25, -0.2) is 0 Å². The van der Waals surface area contributed by atoms with Crippen molar-refractivity contribution in [2.75, 3.05) is 37.6 Å². The first-order valence-electron chi connectivity index (χ1n) is 9.89. The Morgan fingerprint density at radius 2 is 1.88 bits per heavy atom. The number of rotatable bonds is 7. The lowest BCUT2D eigenvalue weighted by Crippen LogP contribution is -2.28. The van der Waals surface area contributed by atoms with E-state index in [1.807, 2.05) is 0 Å². The van der Waals surface area contributed by atoms with E-state index < -0.39 is 36.1 Å². The van der Waals surface area contributed by atoms with Crippen molar-refractivity contribution in [3.63, 3.8) is 0 Å². The van der Waals surface area contributed by atoms with Crippen molar-refractivity contribution >= 4 is 40.8 Å². The van der Waals surface area contributed by atoms with Gasteiger partial charge in [0.1, 0.15) is 11.5 Å². The van der Waals surface area contributed by atoms with Gasteiger partial charge in [-0.05, 0) is 30.3 Å². The number of benzene rings is 2. The minimum atomic E-state index is -4.62. The fraction of sp³-hybridized carbons (Fsp3) is 0.318. The first-order chi connectivity index (χ1) is 16.0. The normalized spacial score (nSPS) is 15.8. The Hall–Kier alpha value is -3.47. The molecule has 0 radical (unpaired) electrons. The Bertz CT molecular complexity index is 1110. The quantitative estimate of drug-likeness (QED) is 0.579. The summed E-state index contributed by atoms with van der Waals surface area (Å²) in [4.78, 5) is 38.4. The Morgan fingerprint density at radius 3 is 2.53 bits per heavy atom. The Balaban J connectivity index is 1.60. The number of carbonyl (C=O) groups is 3. The maximum atomic E-state index is 12.9. The van der Waals surface area contributed by atoms with Crippen LogP contribution in [-0.4, -0.2) is 45.2 Å². The molecule has 1 N–H and O–H groups in total. The van der Waals surface area contributed by atoms with Crippen molar-refractivity contribution in [3.05, 3.63) is 47.0 Å². The maximum Gasteiger partial charge on any atom is 0.416 e. The summed E-state index contributed by atoms with van der Waals surface area (Å²) in [5, 5.41) is 2.07. The predicted molar refractivity (Wildman–Crippen MR) is 116 cm³/mol. The molecular formula is C22H20ClF3N2O6. The molecule has 12 heteroatoms. The van der Waals surface area contributed by atoms with Gasteiger partial charge in [-0.1, -0.05) is 11.6 Å². The van der Waals surface area contributed by atoms with Crippen molar-refractivity contribution in [1.82, 2.24) is 0 Å². The van der Waals surface area contributed by atoms with Crippen molar-refractivity contribution in [2.24, 2.45) is 5.92 Å². The topological polar surface area (TPSA) is 94.2 Å². The molecule has 0 unspecified atom stereocenters. The Morgan fingerprint density at radius 1 is 1.15 bits per heavy atom. The van der Waals surface area contributed by atoms with Crippen molar-refractivity contribution in [1.29, 1.82) is 0 Å². The fourth-order valence-electron chi connectivity index (χ4n) is 3.34. The summed E-state index contributed by atoms with van der Waals surface area (Å²) in [6.45, 7) is -0.761. The average molecular weight is 501 g/mol. The summed E-state index contributed by atoms with van der Waals surface area (Å²) in [5.74, 6) is -1.97. The molecule has 0 bridgehead atoms. The molecule has 8 nitrogen and oxygen atoms in total. The van der Waals surface area contributed by atoms with E-state index in [-0.39, 0.29) is 29.6 Å². The molecule has 1 aliphatic heterocycles. The zero-order valence-corrected chi connectivity index (χ0v) is 18.8. The van der Waals surface area contributed by atoms with Gasteiger partial charge in [-0.2, -0.15) is 13.2 Å². The van der Waals surface area contributed by atoms with Crippen LogP contribution >= 0.6 is 11.6 Å². The molecule has 2 aromatic carbocycles. The number of nitrogens with one attached hydrogen (secondary N) is 1. The molecule has 0 aliphatic carbocycles. The molecule has 0 aromatic heterocycles. The largest absolute Gasteiger partial charge is 0.497 e. The van der Waals surface area contributed by atoms with Crippen LogP contribution in [0.2, 0.25) is 5.02 Å². The highest BCUT2D eigenvalue weighted by Crippen LogP contribution is 2.36. The van der Waals surface area contributed by atoms with Gasteiger partial charge in [0.15, 0.2) is 6.61 Å². The highest BCUT2D eigenvalue weighted by molar-refractivity contribution is 6.33. The molecule has 0 saturated carbocycles. The van der Waals surface area contributed by atoms with E-state index in [1.54, 1.807) is 18.2 Å². The molecular weight excluding hydrogens is 481 g/mol. The minimum absolute atomic E-state index is 0.00142. The summed E-state index contributed by atoms with van der Waals surface area (Å²) in [7, 11) is 2.92. The van der Waals surface area contributed by atoms with E-state index in [2.05, 4.69) is 5.32 Å². The summed E-state index contributed by atoms with van der Waals surface area (Å²) < 4.78 is 54.0. The SMILES string of the molecule is COc1ccc(N2C[C@H](C(=O)OCC(=O)Nc3cc(C(F)(F)F)ccc3Cl)CC2=O)c(OC)c1. The molecule has 1 atom stereocenters. The van der Waals surface area contributed by atoms with Crippen LogP contribution < -0.4 is 19.7 Å². The first-order valence-corrected chi connectivity index (χ1v) is 10.3. The minimum Gasteiger partial charge on any atom is -0.497 e. The molecule has 2 amide bonds. The van der Waals surface area contributed by atoms with Gasteiger partial charge in [0.2, 0.25) is 5.91 Å². The van der Waals surface area contributed by atoms with Gasteiger partial charge in [0.25, 0.3) is 5.91 Å². The van der Waals surface area contributed by atoms with E-state index in [0.717, 1.165) is 12.1 Å². The zero-order valence-electron chi connectivity index (χ0n) is 18.1. The van der Waals surface area contributed by atoms with Gasteiger partial charge in [-0.3, -0.25) is 14.4 Å². The number of esters is 1.